The number of anilines is 1. The lowest BCUT2D eigenvalue weighted by atomic mass is 10.2. The maximum Gasteiger partial charge on any atom is 0.335 e. The Morgan fingerprint density at radius 3 is 2.48 bits per heavy atom. The van der Waals surface area contributed by atoms with Crippen LogP contribution in [-0.2, 0) is 14.8 Å². The van der Waals surface area contributed by atoms with Crippen molar-refractivity contribution in [2.24, 2.45) is 0 Å². The predicted molar refractivity (Wildman–Crippen MR) is 88.4 cm³/mol. The van der Waals surface area contributed by atoms with Crippen molar-refractivity contribution in [3.63, 3.8) is 0 Å². The van der Waals surface area contributed by atoms with Gasteiger partial charge >= 0.3 is 5.97 Å². The van der Waals surface area contributed by atoms with Gasteiger partial charge in [-0.05, 0) is 38.5 Å². The summed E-state index contributed by atoms with van der Waals surface area (Å²) in [5.74, 6) is -1.18. The first-order valence-corrected chi connectivity index (χ1v) is 8.84. The number of hydrogen-bond donors (Lipinski definition) is 3. The number of methoxy groups -OCH3 is 1. The van der Waals surface area contributed by atoms with E-state index >= 15 is 0 Å². The summed E-state index contributed by atoms with van der Waals surface area (Å²) in [6, 6.07) is 3.60. The Morgan fingerprint density at radius 1 is 1.30 bits per heavy atom. The zero-order valence-corrected chi connectivity index (χ0v) is 14.6. The number of rotatable bonds is 9. The molecule has 0 saturated carbocycles. The molecular formula is C15H24N2O5S. The van der Waals surface area contributed by atoms with Crippen molar-refractivity contribution in [1.82, 2.24) is 4.72 Å². The van der Waals surface area contributed by atoms with E-state index in [1.54, 1.807) is 14.0 Å². The molecule has 0 amide bonds. The molecular weight excluding hydrogens is 320 g/mol. The van der Waals surface area contributed by atoms with E-state index in [0.29, 0.717) is 18.7 Å². The van der Waals surface area contributed by atoms with Crippen LogP contribution in [0.1, 0.15) is 37.6 Å². The Balaban J connectivity index is 3.28. The van der Waals surface area contributed by atoms with E-state index in [1.807, 2.05) is 13.8 Å². The molecule has 0 aromatic heterocycles. The summed E-state index contributed by atoms with van der Waals surface area (Å²) in [7, 11) is -2.29. The molecule has 8 heteroatoms. The summed E-state index contributed by atoms with van der Waals surface area (Å²) in [5, 5.41) is 12.1. The van der Waals surface area contributed by atoms with Gasteiger partial charge in [0.15, 0.2) is 0 Å². The van der Waals surface area contributed by atoms with Gasteiger partial charge in [-0.15, -0.1) is 0 Å². The van der Waals surface area contributed by atoms with Crippen LogP contribution < -0.4 is 10.0 Å². The number of carbonyl (C=O) groups is 1. The SMILES string of the molecule is CCC(C)NS(=O)(=O)c1cc(C(=O)O)ccc1NC(C)COC. The van der Waals surface area contributed by atoms with Crippen molar-refractivity contribution in [2.75, 3.05) is 19.0 Å². The van der Waals surface area contributed by atoms with Crippen molar-refractivity contribution in [2.45, 2.75) is 44.2 Å². The molecule has 0 aliphatic carbocycles. The molecule has 2 atom stereocenters. The van der Waals surface area contributed by atoms with E-state index in [9.17, 15) is 13.2 Å². The van der Waals surface area contributed by atoms with Crippen LogP contribution in [0.15, 0.2) is 23.1 Å². The highest BCUT2D eigenvalue weighted by Crippen LogP contribution is 2.24. The van der Waals surface area contributed by atoms with Crippen LogP contribution in [0.3, 0.4) is 0 Å². The molecule has 0 radical (unpaired) electrons. The molecule has 0 bridgehead atoms. The predicted octanol–water partition coefficient (Wildman–Crippen LogP) is 1.91. The van der Waals surface area contributed by atoms with Crippen LogP contribution in [0.25, 0.3) is 0 Å². The highest BCUT2D eigenvalue weighted by Gasteiger charge is 2.23. The number of hydrogen-bond acceptors (Lipinski definition) is 5. The molecule has 0 aliphatic heterocycles. The first kappa shape index (κ1) is 19.4. The van der Waals surface area contributed by atoms with Gasteiger partial charge in [-0.2, -0.15) is 0 Å². The summed E-state index contributed by atoms with van der Waals surface area (Å²) in [4.78, 5) is 11.1. The molecule has 0 fully saturated rings. The second kappa shape index (κ2) is 8.28. The molecule has 7 nitrogen and oxygen atoms in total. The van der Waals surface area contributed by atoms with E-state index in [2.05, 4.69) is 10.0 Å². The minimum Gasteiger partial charge on any atom is -0.478 e. The van der Waals surface area contributed by atoms with Gasteiger partial charge in [0.05, 0.1) is 17.9 Å². The monoisotopic (exact) mass is 344 g/mol. The Morgan fingerprint density at radius 2 is 1.96 bits per heavy atom. The van der Waals surface area contributed by atoms with E-state index in [-0.39, 0.29) is 22.5 Å². The van der Waals surface area contributed by atoms with Crippen molar-refractivity contribution in [1.29, 1.82) is 0 Å². The second-order valence-corrected chi connectivity index (χ2v) is 7.13. The molecule has 130 valence electrons. The zero-order valence-electron chi connectivity index (χ0n) is 13.8. The minimum atomic E-state index is -3.84. The zero-order chi connectivity index (χ0) is 17.6. The fourth-order valence-electron chi connectivity index (χ4n) is 1.97. The maximum absolute atomic E-state index is 12.6. The Hall–Kier alpha value is -1.64. The van der Waals surface area contributed by atoms with E-state index in [1.165, 1.54) is 12.1 Å². The molecule has 1 rings (SSSR count). The smallest absolute Gasteiger partial charge is 0.335 e. The average Bonchev–Trinajstić information content (AvgIpc) is 2.46. The number of aromatic carboxylic acids is 1. The van der Waals surface area contributed by atoms with Crippen LogP contribution >= 0.6 is 0 Å². The molecule has 2 unspecified atom stereocenters. The fourth-order valence-corrected chi connectivity index (χ4v) is 3.49. The highest BCUT2D eigenvalue weighted by molar-refractivity contribution is 7.89. The first-order chi connectivity index (χ1) is 10.7. The lowest BCUT2D eigenvalue weighted by molar-refractivity contribution is 0.0696. The molecule has 0 spiro atoms. The van der Waals surface area contributed by atoms with Crippen molar-refractivity contribution in [3.8, 4) is 0 Å². The number of ether oxygens (including phenoxy) is 1. The number of carboxylic acid groups (broad SMARTS) is 1. The van der Waals surface area contributed by atoms with Crippen molar-refractivity contribution < 1.29 is 23.1 Å². The van der Waals surface area contributed by atoms with Crippen LogP contribution in [-0.4, -0.2) is 45.3 Å². The Kier molecular flexibility index (Phi) is 6.99. The number of carboxylic acids is 1. The van der Waals surface area contributed by atoms with E-state index in [4.69, 9.17) is 9.84 Å². The largest absolute Gasteiger partial charge is 0.478 e. The van der Waals surface area contributed by atoms with Gasteiger partial charge in [-0.25, -0.2) is 17.9 Å². The van der Waals surface area contributed by atoms with Gasteiger partial charge in [-0.3, -0.25) is 0 Å². The molecule has 1 aromatic rings. The molecule has 0 saturated heterocycles. The minimum absolute atomic E-state index is 0.0827. The third kappa shape index (κ3) is 5.49. The first-order valence-electron chi connectivity index (χ1n) is 7.36. The molecule has 1 aromatic carbocycles. The highest BCUT2D eigenvalue weighted by atomic mass is 32.2. The average molecular weight is 344 g/mol. The summed E-state index contributed by atoms with van der Waals surface area (Å²) < 4.78 is 32.7. The van der Waals surface area contributed by atoms with Gasteiger partial charge in [0.2, 0.25) is 10.0 Å². The molecule has 23 heavy (non-hydrogen) atoms. The van der Waals surface area contributed by atoms with Crippen LogP contribution in [0.2, 0.25) is 0 Å². The Bertz CT molecular complexity index is 645. The Labute approximate surface area is 137 Å². The van der Waals surface area contributed by atoms with Crippen molar-refractivity contribution >= 4 is 21.7 Å². The van der Waals surface area contributed by atoms with Gasteiger partial charge < -0.3 is 15.2 Å². The third-order valence-electron chi connectivity index (χ3n) is 3.31. The molecule has 0 heterocycles. The number of benzene rings is 1. The van der Waals surface area contributed by atoms with E-state index in [0.717, 1.165) is 6.07 Å². The van der Waals surface area contributed by atoms with Gasteiger partial charge in [0, 0.05) is 19.2 Å². The van der Waals surface area contributed by atoms with Crippen LogP contribution in [0.4, 0.5) is 5.69 Å². The molecule has 3 N–H and O–H groups in total. The van der Waals surface area contributed by atoms with Crippen LogP contribution in [0, 0.1) is 0 Å². The quantitative estimate of drug-likeness (QED) is 0.632. The lowest BCUT2D eigenvalue weighted by Crippen LogP contribution is -2.33. The van der Waals surface area contributed by atoms with Crippen LogP contribution in [0.5, 0.6) is 0 Å². The summed E-state index contributed by atoms with van der Waals surface area (Å²) >= 11 is 0. The van der Waals surface area contributed by atoms with Crippen molar-refractivity contribution in [3.05, 3.63) is 23.8 Å². The summed E-state index contributed by atoms with van der Waals surface area (Å²) in [6.45, 7) is 5.84. The fraction of sp³-hybridized carbons (Fsp3) is 0.533. The second-order valence-electron chi connectivity index (χ2n) is 5.45. The maximum atomic E-state index is 12.6. The molecule has 0 aliphatic rings. The van der Waals surface area contributed by atoms with Gasteiger partial charge in [0.25, 0.3) is 0 Å². The number of sulfonamides is 1. The standard InChI is InChI=1S/C15H24N2O5S/c1-5-10(2)17-23(20,21)14-8-12(15(18)19)6-7-13(14)16-11(3)9-22-4/h6-8,10-11,16-17H,5,9H2,1-4H3,(H,18,19). The van der Waals surface area contributed by atoms with E-state index < -0.39 is 16.0 Å². The summed E-state index contributed by atoms with van der Waals surface area (Å²) in [5.41, 5.74) is 0.259. The topological polar surface area (TPSA) is 105 Å². The third-order valence-corrected chi connectivity index (χ3v) is 4.93. The summed E-state index contributed by atoms with van der Waals surface area (Å²) in [6.07, 6.45) is 0.626. The number of nitrogens with one attached hydrogen (secondary N) is 2. The van der Waals surface area contributed by atoms with Gasteiger partial charge in [-0.1, -0.05) is 6.92 Å². The lowest BCUT2D eigenvalue weighted by Gasteiger charge is -2.19. The van der Waals surface area contributed by atoms with Gasteiger partial charge in [0.1, 0.15) is 4.90 Å². The normalized spacial score (nSPS) is 14.3.